The summed E-state index contributed by atoms with van der Waals surface area (Å²) < 4.78 is 0. The van der Waals surface area contributed by atoms with E-state index in [0.717, 1.165) is 21.9 Å². The van der Waals surface area contributed by atoms with Gasteiger partial charge in [-0.1, -0.05) is 54.6 Å². The molecule has 0 bridgehead atoms. The van der Waals surface area contributed by atoms with Crippen LogP contribution in [-0.4, -0.2) is 19.9 Å². The van der Waals surface area contributed by atoms with Crippen LogP contribution in [-0.2, 0) is 0 Å². The van der Waals surface area contributed by atoms with Crippen LogP contribution < -0.4 is 4.90 Å². The van der Waals surface area contributed by atoms with Gasteiger partial charge < -0.3 is 0 Å². The lowest BCUT2D eigenvalue weighted by atomic mass is 9.98. The van der Waals surface area contributed by atoms with Crippen LogP contribution >= 0.6 is 0 Å². The van der Waals surface area contributed by atoms with Crippen molar-refractivity contribution in [3.63, 3.8) is 0 Å². The molecule has 39 heavy (non-hydrogen) atoms. The maximum absolute atomic E-state index is 9.61. The first-order chi connectivity index (χ1) is 19.0. The molecule has 0 saturated carbocycles. The molecule has 0 aliphatic rings. The Labute approximate surface area is 224 Å². The van der Waals surface area contributed by atoms with Crippen molar-refractivity contribution in [3.8, 4) is 35.4 Å². The van der Waals surface area contributed by atoms with Crippen molar-refractivity contribution in [1.29, 1.82) is 21.0 Å². The number of nitriles is 4. The first-order valence-corrected chi connectivity index (χ1v) is 11.7. The lowest BCUT2D eigenvalue weighted by Gasteiger charge is -2.26. The predicted octanol–water partition coefficient (Wildman–Crippen LogP) is 5.66. The number of fused-ring (bicyclic) bond motifs is 1. The summed E-state index contributed by atoms with van der Waals surface area (Å²) in [6.07, 6.45) is 0. The van der Waals surface area contributed by atoms with Crippen LogP contribution in [0.25, 0.3) is 21.9 Å². The minimum atomic E-state index is -0.143. The van der Waals surface area contributed by atoms with Crippen molar-refractivity contribution in [2.45, 2.75) is 13.8 Å². The SMILES string of the molecule is Cc1nc(C#N)c(C#N)nc1N(c1ccc(-c2cccc3ccccc23)cc1)c1nc(C#N)c(C#N)nc1C. The number of aryl methyl sites for hydroxylation is 2. The molecule has 9 nitrogen and oxygen atoms in total. The van der Waals surface area contributed by atoms with Gasteiger partial charge in [-0.15, -0.1) is 0 Å². The maximum atomic E-state index is 9.61. The minimum absolute atomic E-state index is 0.0923. The Bertz CT molecular complexity index is 1850. The molecule has 0 amide bonds. The van der Waals surface area contributed by atoms with Crippen molar-refractivity contribution in [2.24, 2.45) is 0 Å². The van der Waals surface area contributed by atoms with E-state index in [1.54, 1.807) is 18.7 Å². The highest BCUT2D eigenvalue weighted by molar-refractivity contribution is 5.97. The van der Waals surface area contributed by atoms with Crippen LogP contribution in [0.15, 0.2) is 66.7 Å². The molecule has 0 saturated heterocycles. The zero-order chi connectivity index (χ0) is 27.5. The lowest BCUT2D eigenvalue weighted by molar-refractivity contribution is 0.985. The molecule has 0 fully saturated rings. The van der Waals surface area contributed by atoms with Crippen LogP contribution in [0.4, 0.5) is 17.3 Å². The van der Waals surface area contributed by atoms with Gasteiger partial charge in [-0.2, -0.15) is 21.0 Å². The van der Waals surface area contributed by atoms with Gasteiger partial charge in [0.15, 0.2) is 34.4 Å². The fourth-order valence-corrected chi connectivity index (χ4v) is 4.37. The molecule has 2 aromatic heterocycles. The van der Waals surface area contributed by atoms with Gasteiger partial charge >= 0.3 is 0 Å². The topological polar surface area (TPSA) is 150 Å². The van der Waals surface area contributed by atoms with E-state index in [1.165, 1.54) is 0 Å². The summed E-state index contributed by atoms with van der Waals surface area (Å²) in [5, 5.41) is 40.3. The molecule has 0 aliphatic heterocycles. The lowest BCUT2D eigenvalue weighted by Crippen LogP contribution is -2.19. The summed E-state index contributed by atoms with van der Waals surface area (Å²) in [6.45, 7) is 3.33. The Hall–Kier alpha value is -6.16. The van der Waals surface area contributed by atoms with Gasteiger partial charge in [-0.25, -0.2) is 19.9 Å². The van der Waals surface area contributed by atoms with Crippen molar-refractivity contribution in [1.82, 2.24) is 19.9 Å². The summed E-state index contributed by atoms with van der Waals surface area (Å²) in [4.78, 5) is 19.1. The van der Waals surface area contributed by atoms with E-state index in [9.17, 15) is 21.0 Å². The largest absolute Gasteiger partial charge is 0.276 e. The monoisotopic (exact) mass is 503 g/mol. The van der Waals surface area contributed by atoms with Crippen LogP contribution in [0.3, 0.4) is 0 Å². The Kier molecular flexibility index (Phi) is 6.33. The number of hydrogen-bond donors (Lipinski definition) is 0. The molecule has 0 atom stereocenters. The molecular weight excluding hydrogens is 486 g/mol. The second kappa shape index (κ2) is 10.1. The molecule has 5 rings (SSSR count). The van der Waals surface area contributed by atoms with E-state index in [2.05, 4.69) is 44.2 Å². The van der Waals surface area contributed by atoms with Crippen molar-refractivity contribution < 1.29 is 0 Å². The number of benzene rings is 3. The van der Waals surface area contributed by atoms with Crippen LogP contribution in [0.2, 0.25) is 0 Å². The molecule has 0 aliphatic carbocycles. The molecule has 9 heteroatoms. The Balaban J connectivity index is 1.73. The normalized spacial score (nSPS) is 10.2. The van der Waals surface area contributed by atoms with E-state index >= 15 is 0 Å². The molecule has 3 aromatic carbocycles. The van der Waals surface area contributed by atoms with E-state index < -0.39 is 0 Å². The van der Waals surface area contributed by atoms with Gasteiger partial charge in [-0.3, -0.25) is 4.90 Å². The number of hydrogen-bond acceptors (Lipinski definition) is 9. The number of rotatable bonds is 4. The fraction of sp³-hybridized carbons (Fsp3) is 0.0667. The molecule has 2 heterocycles. The Morgan fingerprint density at radius 2 is 1.05 bits per heavy atom. The third-order valence-electron chi connectivity index (χ3n) is 6.16. The fourth-order valence-electron chi connectivity index (χ4n) is 4.37. The van der Waals surface area contributed by atoms with Crippen molar-refractivity contribution >= 4 is 28.1 Å². The quantitative estimate of drug-likeness (QED) is 0.302. The van der Waals surface area contributed by atoms with Crippen LogP contribution in [0, 0.1) is 59.2 Å². The van der Waals surface area contributed by atoms with Gasteiger partial charge in [0.05, 0.1) is 11.4 Å². The highest BCUT2D eigenvalue weighted by Gasteiger charge is 2.25. The standard InChI is InChI=1S/C30H17N9/c1-18-29(37-27(16-33)25(14-31)35-18)39(30-19(2)36-26(15-32)28(17-34)38-30)22-12-10-21(11-13-22)24-9-5-7-20-6-3-4-8-23(20)24/h3-13H,1-2H3. The molecular formula is C30H17N9. The minimum Gasteiger partial charge on any atom is -0.276 e. The molecule has 0 unspecified atom stereocenters. The average molecular weight is 504 g/mol. The molecule has 0 N–H and O–H groups in total. The van der Waals surface area contributed by atoms with E-state index in [4.69, 9.17) is 0 Å². The van der Waals surface area contributed by atoms with E-state index in [-0.39, 0.29) is 34.4 Å². The van der Waals surface area contributed by atoms with E-state index in [0.29, 0.717) is 17.1 Å². The summed E-state index contributed by atoms with van der Waals surface area (Å²) in [5.74, 6) is 0.490. The average Bonchev–Trinajstić information content (AvgIpc) is 2.98. The number of aromatic nitrogens is 4. The van der Waals surface area contributed by atoms with Crippen LogP contribution in [0.1, 0.15) is 34.2 Å². The second-order valence-electron chi connectivity index (χ2n) is 8.52. The smallest absolute Gasteiger partial charge is 0.179 e. The highest BCUT2D eigenvalue weighted by atomic mass is 15.3. The Morgan fingerprint density at radius 3 is 1.59 bits per heavy atom. The molecule has 0 spiro atoms. The van der Waals surface area contributed by atoms with Gasteiger partial charge in [0.2, 0.25) is 0 Å². The third kappa shape index (κ3) is 4.34. The van der Waals surface area contributed by atoms with Crippen molar-refractivity contribution in [2.75, 3.05) is 4.90 Å². The summed E-state index contributed by atoms with van der Waals surface area (Å²) >= 11 is 0. The summed E-state index contributed by atoms with van der Waals surface area (Å²) in [7, 11) is 0. The highest BCUT2D eigenvalue weighted by Crippen LogP contribution is 2.37. The molecule has 0 radical (unpaired) electrons. The van der Waals surface area contributed by atoms with Gasteiger partial charge in [-0.05, 0) is 47.9 Å². The summed E-state index contributed by atoms with van der Waals surface area (Å²) in [6, 6.07) is 29.6. The second-order valence-corrected chi connectivity index (χ2v) is 8.52. The number of anilines is 3. The maximum Gasteiger partial charge on any atom is 0.179 e. The zero-order valence-corrected chi connectivity index (χ0v) is 20.9. The van der Waals surface area contributed by atoms with Gasteiger partial charge in [0, 0.05) is 5.69 Å². The predicted molar refractivity (Wildman–Crippen MR) is 144 cm³/mol. The first kappa shape index (κ1) is 24.5. The van der Waals surface area contributed by atoms with Crippen LogP contribution in [0.5, 0.6) is 0 Å². The van der Waals surface area contributed by atoms with E-state index in [1.807, 2.05) is 66.7 Å². The zero-order valence-electron chi connectivity index (χ0n) is 20.9. The third-order valence-corrected chi connectivity index (χ3v) is 6.16. The van der Waals surface area contributed by atoms with Gasteiger partial charge in [0.25, 0.3) is 0 Å². The Morgan fingerprint density at radius 1 is 0.564 bits per heavy atom. The molecule has 182 valence electrons. The van der Waals surface area contributed by atoms with Gasteiger partial charge in [0.1, 0.15) is 24.3 Å². The number of nitrogens with zero attached hydrogens (tertiary/aromatic N) is 9. The molecule has 5 aromatic rings. The van der Waals surface area contributed by atoms with Crippen molar-refractivity contribution in [3.05, 3.63) is 101 Å². The first-order valence-electron chi connectivity index (χ1n) is 11.7. The summed E-state index contributed by atoms with van der Waals surface area (Å²) in [5.41, 5.74) is 2.92.